The van der Waals surface area contributed by atoms with Crippen molar-refractivity contribution in [2.45, 2.75) is 27.3 Å². The number of nitrogens with zero attached hydrogens (tertiary/aromatic N) is 2. The summed E-state index contributed by atoms with van der Waals surface area (Å²) in [5.74, 6) is -0.466. The Bertz CT molecular complexity index is 807. The summed E-state index contributed by atoms with van der Waals surface area (Å²) >= 11 is 0. The molecule has 6 nitrogen and oxygen atoms in total. The van der Waals surface area contributed by atoms with Gasteiger partial charge in [0.05, 0.1) is 18.4 Å². The Balaban J connectivity index is 2.21. The smallest absolute Gasteiger partial charge is 0.337 e. The Hall–Kier alpha value is -2.89. The molecule has 6 heteroatoms. The van der Waals surface area contributed by atoms with Crippen molar-refractivity contribution in [1.29, 1.82) is 0 Å². The van der Waals surface area contributed by atoms with Gasteiger partial charge in [-0.15, -0.1) is 0 Å². The van der Waals surface area contributed by atoms with E-state index >= 15 is 0 Å². The Kier molecular flexibility index (Phi) is 5.41. The Morgan fingerprint density at radius 3 is 2.24 bits per heavy atom. The second-order valence-corrected chi connectivity index (χ2v) is 6.06. The van der Waals surface area contributed by atoms with Gasteiger partial charge in [-0.1, -0.05) is 12.1 Å². The van der Waals surface area contributed by atoms with Crippen LogP contribution in [0.4, 0.5) is 0 Å². The summed E-state index contributed by atoms with van der Waals surface area (Å²) in [6.07, 6.45) is 0. The van der Waals surface area contributed by atoms with Crippen molar-refractivity contribution in [1.82, 2.24) is 9.88 Å². The van der Waals surface area contributed by atoms with Crippen molar-refractivity contribution in [3.8, 4) is 5.75 Å². The largest absolute Gasteiger partial charge is 0.496 e. The Morgan fingerprint density at radius 1 is 1.16 bits per heavy atom. The highest BCUT2D eigenvalue weighted by atomic mass is 16.5. The number of amides is 1. The number of aromatic carboxylic acids is 1. The number of carbonyl (C=O) groups excluding carboxylic acids is 1. The third kappa shape index (κ3) is 3.96. The van der Waals surface area contributed by atoms with Crippen LogP contribution in [0.5, 0.6) is 5.75 Å². The predicted octanol–water partition coefficient (Wildman–Crippen LogP) is 2.99. The van der Waals surface area contributed by atoms with E-state index in [-0.39, 0.29) is 17.2 Å². The first-order valence-corrected chi connectivity index (χ1v) is 7.85. The van der Waals surface area contributed by atoms with E-state index in [9.17, 15) is 9.59 Å². The fourth-order valence-electron chi connectivity index (χ4n) is 2.90. The molecule has 0 saturated carbocycles. The van der Waals surface area contributed by atoms with Gasteiger partial charge in [-0.25, -0.2) is 9.78 Å². The average molecular weight is 342 g/mol. The van der Waals surface area contributed by atoms with E-state index in [2.05, 4.69) is 4.98 Å². The summed E-state index contributed by atoms with van der Waals surface area (Å²) < 4.78 is 5.36. The van der Waals surface area contributed by atoms with E-state index in [0.717, 1.165) is 22.4 Å². The van der Waals surface area contributed by atoms with Gasteiger partial charge < -0.3 is 14.7 Å². The van der Waals surface area contributed by atoms with Crippen LogP contribution in [-0.4, -0.2) is 41.0 Å². The minimum absolute atomic E-state index is 0.0978. The molecule has 0 aliphatic heterocycles. The second kappa shape index (κ2) is 7.34. The zero-order chi connectivity index (χ0) is 18.7. The van der Waals surface area contributed by atoms with Gasteiger partial charge in [0.15, 0.2) is 0 Å². The first-order chi connectivity index (χ1) is 11.7. The van der Waals surface area contributed by atoms with Crippen molar-refractivity contribution < 1.29 is 19.4 Å². The fraction of sp³-hybridized carbons (Fsp3) is 0.316. The van der Waals surface area contributed by atoms with Gasteiger partial charge in [0, 0.05) is 13.6 Å². The summed E-state index contributed by atoms with van der Waals surface area (Å²) in [6.45, 7) is 5.93. The van der Waals surface area contributed by atoms with E-state index in [0.29, 0.717) is 12.2 Å². The van der Waals surface area contributed by atoms with Gasteiger partial charge in [-0.3, -0.25) is 4.79 Å². The molecule has 0 unspecified atom stereocenters. The quantitative estimate of drug-likeness (QED) is 0.903. The number of pyridine rings is 1. The standard InChI is InChI=1S/C19H22N2O4/c1-11-8-14(9-12(2)17(11)25-5)10-21(4)18(22)16-7-6-15(19(23)24)13(3)20-16/h6-9H,10H2,1-5H3,(H,23,24). The molecule has 2 aromatic rings. The molecule has 0 bridgehead atoms. The van der Waals surface area contributed by atoms with Gasteiger partial charge in [-0.2, -0.15) is 0 Å². The van der Waals surface area contributed by atoms with Crippen LogP contribution in [-0.2, 0) is 6.54 Å². The van der Waals surface area contributed by atoms with Gasteiger partial charge in [0.2, 0.25) is 0 Å². The maximum Gasteiger partial charge on any atom is 0.337 e. The van der Waals surface area contributed by atoms with Gasteiger partial charge in [0.1, 0.15) is 11.4 Å². The number of carboxylic acid groups (broad SMARTS) is 1. The molecule has 0 spiro atoms. The molecule has 0 aliphatic carbocycles. The van der Waals surface area contributed by atoms with Gasteiger partial charge in [-0.05, 0) is 49.6 Å². The number of carbonyl (C=O) groups is 2. The van der Waals surface area contributed by atoms with Gasteiger partial charge >= 0.3 is 5.97 Å². The SMILES string of the molecule is COc1c(C)cc(CN(C)C(=O)c2ccc(C(=O)O)c(C)n2)cc1C. The molecule has 1 aromatic carbocycles. The Labute approximate surface area is 147 Å². The van der Waals surface area contributed by atoms with Crippen LogP contribution in [0.25, 0.3) is 0 Å². The zero-order valence-electron chi connectivity index (χ0n) is 15.1. The molecule has 0 radical (unpaired) electrons. The third-order valence-corrected chi connectivity index (χ3v) is 4.03. The first kappa shape index (κ1) is 18.4. The van der Waals surface area contributed by atoms with Crippen molar-refractivity contribution in [2.24, 2.45) is 0 Å². The summed E-state index contributed by atoms with van der Waals surface area (Å²) in [5, 5.41) is 9.05. The van der Waals surface area contributed by atoms with Crippen LogP contribution < -0.4 is 4.74 Å². The fourth-order valence-corrected chi connectivity index (χ4v) is 2.90. The maximum absolute atomic E-state index is 12.6. The lowest BCUT2D eigenvalue weighted by molar-refractivity contribution is 0.0693. The summed E-state index contributed by atoms with van der Waals surface area (Å²) in [6, 6.07) is 6.83. The molecule has 1 aromatic heterocycles. The molecule has 132 valence electrons. The first-order valence-electron chi connectivity index (χ1n) is 7.85. The van der Waals surface area contributed by atoms with E-state index < -0.39 is 5.97 Å². The van der Waals surface area contributed by atoms with Crippen LogP contribution in [0, 0.1) is 20.8 Å². The van der Waals surface area contributed by atoms with E-state index in [1.54, 1.807) is 26.0 Å². The molecule has 0 aliphatic rings. The topological polar surface area (TPSA) is 79.7 Å². The van der Waals surface area contributed by atoms with E-state index in [1.807, 2.05) is 26.0 Å². The second-order valence-electron chi connectivity index (χ2n) is 6.06. The highest BCUT2D eigenvalue weighted by Gasteiger charge is 2.17. The molecule has 1 amide bonds. The molecule has 1 N–H and O–H groups in total. The maximum atomic E-state index is 12.6. The normalized spacial score (nSPS) is 10.4. The van der Waals surface area contributed by atoms with E-state index in [1.165, 1.54) is 12.1 Å². The van der Waals surface area contributed by atoms with Crippen LogP contribution >= 0.6 is 0 Å². The van der Waals surface area contributed by atoms with Crippen LogP contribution in [0.3, 0.4) is 0 Å². The number of aromatic nitrogens is 1. The molecule has 1 heterocycles. The van der Waals surface area contributed by atoms with Crippen molar-refractivity contribution >= 4 is 11.9 Å². The lowest BCUT2D eigenvalue weighted by Gasteiger charge is -2.19. The number of hydrogen-bond acceptors (Lipinski definition) is 4. The third-order valence-electron chi connectivity index (χ3n) is 4.03. The molecule has 0 saturated heterocycles. The summed E-state index contributed by atoms with van der Waals surface area (Å²) in [4.78, 5) is 29.3. The van der Waals surface area contributed by atoms with Crippen LogP contribution in [0.15, 0.2) is 24.3 Å². The van der Waals surface area contributed by atoms with E-state index in [4.69, 9.17) is 9.84 Å². The lowest BCUT2D eigenvalue weighted by atomic mass is 10.1. The number of rotatable bonds is 5. The highest BCUT2D eigenvalue weighted by Crippen LogP contribution is 2.25. The zero-order valence-corrected chi connectivity index (χ0v) is 15.1. The molecular formula is C19H22N2O4. The molecule has 25 heavy (non-hydrogen) atoms. The summed E-state index contributed by atoms with van der Waals surface area (Å²) in [5.41, 5.74) is 3.66. The Morgan fingerprint density at radius 2 is 1.76 bits per heavy atom. The average Bonchev–Trinajstić information content (AvgIpc) is 2.53. The number of aryl methyl sites for hydroxylation is 3. The number of carboxylic acids is 1. The van der Waals surface area contributed by atoms with Gasteiger partial charge in [0.25, 0.3) is 5.91 Å². The predicted molar refractivity (Wildman–Crippen MR) is 94.2 cm³/mol. The monoisotopic (exact) mass is 342 g/mol. The van der Waals surface area contributed by atoms with Crippen molar-refractivity contribution in [3.63, 3.8) is 0 Å². The molecule has 0 fully saturated rings. The highest BCUT2D eigenvalue weighted by molar-refractivity contribution is 5.94. The summed E-state index contributed by atoms with van der Waals surface area (Å²) in [7, 11) is 3.33. The van der Waals surface area contributed by atoms with Crippen LogP contribution in [0.1, 0.15) is 43.2 Å². The number of hydrogen-bond donors (Lipinski definition) is 1. The number of benzene rings is 1. The molecular weight excluding hydrogens is 320 g/mol. The number of methoxy groups -OCH3 is 1. The molecule has 0 atom stereocenters. The minimum Gasteiger partial charge on any atom is -0.496 e. The minimum atomic E-state index is -1.05. The molecule has 2 rings (SSSR count). The van der Waals surface area contributed by atoms with Crippen molar-refractivity contribution in [3.05, 3.63) is 57.9 Å². The van der Waals surface area contributed by atoms with Crippen LogP contribution in [0.2, 0.25) is 0 Å². The van der Waals surface area contributed by atoms with Crippen molar-refractivity contribution in [2.75, 3.05) is 14.2 Å². The number of ether oxygens (including phenoxy) is 1. The lowest BCUT2D eigenvalue weighted by Crippen LogP contribution is -2.27.